The standard InChI is InChI=1S/C24H19NS/c1-2-10-23(11-3-1)26-18-19-13-15-22(16-14-19)25-17-21-9-6-8-20-7-4-5-12-24(20)21/h1-17H,18H2. The Morgan fingerprint density at radius 2 is 1.42 bits per heavy atom. The SMILES string of the molecule is C(=Nc1ccc(CSc2ccccc2)cc1)c1cccc2ccccc12. The minimum Gasteiger partial charge on any atom is -0.256 e. The Morgan fingerprint density at radius 3 is 2.27 bits per heavy atom. The summed E-state index contributed by atoms with van der Waals surface area (Å²) in [5, 5.41) is 2.47. The number of benzene rings is 4. The summed E-state index contributed by atoms with van der Waals surface area (Å²) >= 11 is 1.85. The van der Waals surface area contributed by atoms with Gasteiger partial charge in [-0.05, 0) is 40.6 Å². The van der Waals surface area contributed by atoms with E-state index >= 15 is 0 Å². The summed E-state index contributed by atoms with van der Waals surface area (Å²) in [6, 6.07) is 33.7. The predicted octanol–water partition coefficient (Wildman–Crippen LogP) is 6.88. The molecule has 0 radical (unpaired) electrons. The first-order chi connectivity index (χ1) is 12.9. The third kappa shape index (κ3) is 4.04. The number of nitrogens with zero attached hydrogens (tertiary/aromatic N) is 1. The van der Waals surface area contributed by atoms with Crippen molar-refractivity contribution >= 4 is 34.4 Å². The van der Waals surface area contributed by atoms with E-state index in [2.05, 4.69) is 96.0 Å². The van der Waals surface area contributed by atoms with Crippen LogP contribution >= 0.6 is 11.8 Å². The predicted molar refractivity (Wildman–Crippen MR) is 114 cm³/mol. The van der Waals surface area contributed by atoms with Crippen molar-refractivity contribution in [3.8, 4) is 0 Å². The van der Waals surface area contributed by atoms with Crippen molar-refractivity contribution in [2.45, 2.75) is 10.6 Å². The minimum absolute atomic E-state index is 0.970. The quantitative estimate of drug-likeness (QED) is 0.281. The molecule has 0 N–H and O–H groups in total. The number of hydrogen-bond donors (Lipinski definition) is 0. The molecule has 0 saturated heterocycles. The van der Waals surface area contributed by atoms with Crippen molar-refractivity contribution in [1.29, 1.82) is 0 Å². The second-order valence-corrected chi connectivity index (χ2v) is 7.14. The zero-order valence-electron chi connectivity index (χ0n) is 14.4. The zero-order chi connectivity index (χ0) is 17.6. The van der Waals surface area contributed by atoms with Gasteiger partial charge in [-0.2, -0.15) is 0 Å². The molecule has 0 fully saturated rings. The molecule has 0 bridgehead atoms. The van der Waals surface area contributed by atoms with Crippen LogP contribution in [-0.2, 0) is 5.75 Å². The van der Waals surface area contributed by atoms with Gasteiger partial charge in [0, 0.05) is 22.4 Å². The normalized spacial score (nSPS) is 11.2. The highest BCUT2D eigenvalue weighted by molar-refractivity contribution is 7.98. The molecule has 0 heterocycles. The van der Waals surface area contributed by atoms with Crippen LogP contribution in [0.2, 0.25) is 0 Å². The second kappa shape index (κ2) is 8.03. The Bertz CT molecular complexity index is 1020. The van der Waals surface area contributed by atoms with Gasteiger partial charge in [0.2, 0.25) is 0 Å². The molecule has 0 aliphatic carbocycles. The molecule has 2 heteroatoms. The molecular formula is C24H19NS. The van der Waals surface area contributed by atoms with Gasteiger partial charge in [-0.1, -0.05) is 72.8 Å². The largest absolute Gasteiger partial charge is 0.256 e. The lowest BCUT2D eigenvalue weighted by Gasteiger charge is -2.03. The monoisotopic (exact) mass is 353 g/mol. The number of fused-ring (bicyclic) bond motifs is 1. The van der Waals surface area contributed by atoms with Crippen LogP contribution < -0.4 is 0 Å². The van der Waals surface area contributed by atoms with Gasteiger partial charge in [0.25, 0.3) is 0 Å². The Kier molecular flexibility index (Phi) is 5.13. The van der Waals surface area contributed by atoms with Gasteiger partial charge in [-0.25, -0.2) is 0 Å². The molecule has 4 aromatic carbocycles. The van der Waals surface area contributed by atoms with Crippen LogP contribution in [-0.4, -0.2) is 6.21 Å². The second-order valence-electron chi connectivity index (χ2n) is 6.09. The Labute approximate surface area is 158 Å². The summed E-state index contributed by atoms with van der Waals surface area (Å²) in [4.78, 5) is 5.95. The van der Waals surface area contributed by atoms with Crippen LogP contribution in [0.5, 0.6) is 0 Å². The van der Waals surface area contributed by atoms with Gasteiger partial charge in [-0.3, -0.25) is 4.99 Å². The Morgan fingerprint density at radius 1 is 0.692 bits per heavy atom. The van der Waals surface area contributed by atoms with Crippen molar-refractivity contribution in [2.75, 3.05) is 0 Å². The summed E-state index contributed by atoms with van der Waals surface area (Å²) in [5.41, 5.74) is 3.43. The molecule has 0 atom stereocenters. The highest BCUT2D eigenvalue weighted by Crippen LogP contribution is 2.24. The van der Waals surface area contributed by atoms with Crippen molar-refractivity contribution in [1.82, 2.24) is 0 Å². The molecule has 4 rings (SSSR count). The lowest BCUT2D eigenvalue weighted by atomic mass is 10.1. The van der Waals surface area contributed by atoms with E-state index in [1.165, 1.54) is 21.2 Å². The van der Waals surface area contributed by atoms with E-state index in [1.807, 2.05) is 24.0 Å². The molecule has 0 spiro atoms. The Balaban J connectivity index is 1.46. The number of hydrogen-bond acceptors (Lipinski definition) is 2. The first-order valence-corrected chi connectivity index (χ1v) is 9.66. The van der Waals surface area contributed by atoms with Crippen LogP contribution in [0.4, 0.5) is 5.69 Å². The van der Waals surface area contributed by atoms with Gasteiger partial charge in [0.05, 0.1) is 5.69 Å². The minimum atomic E-state index is 0.970. The van der Waals surface area contributed by atoms with Gasteiger partial charge in [0.15, 0.2) is 0 Å². The first-order valence-electron chi connectivity index (χ1n) is 8.67. The average molecular weight is 353 g/mol. The summed E-state index contributed by atoms with van der Waals surface area (Å²) in [6.45, 7) is 0. The molecule has 1 nitrogen and oxygen atoms in total. The molecule has 0 saturated carbocycles. The van der Waals surface area contributed by atoms with Gasteiger partial charge in [-0.15, -0.1) is 11.8 Å². The van der Waals surface area contributed by atoms with Crippen LogP contribution in [0.15, 0.2) is 107 Å². The summed E-state index contributed by atoms with van der Waals surface area (Å²) < 4.78 is 0. The maximum atomic E-state index is 4.65. The van der Waals surface area contributed by atoms with E-state index in [-0.39, 0.29) is 0 Å². The molecule has 0 amide bonds. The maximum Gasteiger partial charge on any atom is 0.0630 e. The molecule has 126 valence electrons. The van der Waals surface area contributed by atoms with Crippen molar-refractivity contribution < 1.29 is 0 Å². The van der Waals surface area contributed by atoms with Gasteiger partial charge < -0.3 is 0 Å². The third-order valence-corrected chi connectivity index (χ3v) is 5.34. The van der Waals surface area contributed by atoms with E-state index in [1.54, 1.807) is 0 Å². The van der Waals surface area contributed by atoms with E-state index < -0.39 is 0 Å². The number of aliphatic imine (C=N–C) groups is 1. The van der Waals surface area contributed by atoms with Crippen molar-refractivity contribution in [3.05, 3.63) is 108 Å². The average Bonchev–Trinajstić information content (AvgIpc) is 2.72. The maximum absolute atomic E-state index is 4.65. The summed E-state index contributed by atoms with van der Waals surface area (Å²) in [6.07, 6.45) is 1.95. The van der Waals surface area contributed by atoms with E-state index in [0.29, 0.717) is 0 Å². The zero-order valence-corrected chi connectivity index (χ0v) is 15.2. The van der Waals surface area contributed by atoms with E-state index in [9.17, 15) is 0 Å². The van der Waals surface area contributed by atoms with Crippen LogP contribution in [0, 0.1) is 0 Å². The van der Waals surface area contributed by atoms with E-state index in [4.69, 9.17) is 0 Å². The molecule has 0 unspecified atom stereocenters. The summed E-state index contributed by atoms with van der Waals surface area (Å²) in [5.74, 6) is 0.970. The lowest BCUT2D eigenvalue weighted by molar-refractivity contribution is 1.37. The van der Waals surface area contributed by atoms with Gasteiger partial charge in [0.1, 0.15) is 0 Å². The molecular weight excluding hydrogens is 334 g/mol. The fourth-order valence-electron chi connectivity index (χ4n) is 2.87. The molecule has 0 aromatic heterocycles. The molecule has 26 heavy (non-hydrogen) atoms. The lowest BCUT2D eigenvalue weighted by Crippen LogP contribution is -1.84. The fourth-order valence-corrected chi connectivity index (χ4v) is 3.74. The molecule has 0 aliphatic rings. The van der Waals surface area contributed by atoms with Crippen LogP contribution in [0.25, 0.3) is 10.8 Å². The highest BCUT2D eigenvalue weighted by Gasteiger charge is 1.99. The topological polar surface area (TPSA) is 12.4 Å². The Hall–Kier alpha value is -2.84. The van der Waals surface area contributed by atoms with Crippen molar-refractivity contribution in [3.63, 3.8) is 0 Å². The van der Waals surface area contributed by atoms with Gasteiger partial charge >= 0.3 is 0 Å². The summed E-state index contributed by atoms with van der Waals surface area (Å²) in [7, 11) is 0. The third-order valence-electron chi connectivity index (χ3n) is 4.26. The number of thioether (sulfide) groups is 1. The van der Waals surface area contributed by atoms with Crippen molar-refractivity contribution in [2.24, 2.45) is 4.99 Å². The molecule has 0 aliphatic heterocycles. The highest BCUT2D eigenvalue weighted by atomic mass is 32.2. The first kappa shape index (κ1) is 16.6. The van der Waals surface area contributed by atoms with E-state index in [0.717, 1.165) is 17.0 Å². The van der Waals surface area contributed by atoms with Crippen LogP contribution in [0.1, 0.15) is 11.1 Å². The molecule has 4 aromatic rings. The fraction of sp³-hybridized carbons (Fsp3) is 0.0417. The van der Waals surface area contributed by atoms with Crippen LogP contribution in [0.3, 0.4) is 0 Å². The number of rotatable bonds is 5. The smallest absolute Gasteiger partial charge is 0.0630 e.